The summed E-state index contributed by atoms with van der Waals surface area (Å²) < 4.78 is 14.8. The van der Waals surface area contributed by atoms with Crippen molar-refractivity contribution >= 4 is 18.0 Å². The van der Waals surface area contributed by atoms with Crippen LogP contribution in [0.1, 0.15) is 13.8 Å². The molecule has 3 atom stereocenters. The van der Waals surface area contributed by atoms with Crippen molar-refractivity contribution in [3.8, 4) is 0 Å². The molecule has 0 unspecified atom stereocenters. The Morgan fingerprint density at radius 3 is 2.41 bits per heavy atom. The Bertz CT molecular complexity index is 538. The zero-order chi connectivity index (χ0) is 16.3. The molecule has 7 heteroatoms. The second-order valence-corrected chi connectivity index (χ2v) is 4.82. The van der Waals surface area contributed by atoms with E-state index in [4.69, 9.17) is 14.2 Å². The van der Waals surface area contributed by atoms with E-state index in [2.05, 4.69) is 0 Å². The van der Waals surface area contributed by atoms with Crippen LogP contribution in [0.5, 0.6) is 0 Å². The molecule has 0 fully saturated rings. The van der Waals surface area contributed by atoms with E-state index in [9.17, 15) is 14.4 Å². The van der Waals surface area contributed by atoms with Gasteiger partial charge in [-0.3, -0.25) is 9.69 Å². The van der Waals surface area contributed by atoms with Crippen LogP contribution in [-0.4, -0.2) is 55.3 Å². The second-order valence-electron chi connectivity index (χ2n) is 4.82. The van der Waals surface area contributed by atoms with Gasteiger partial charge in [-0.25, -0.2) is 9.59 Å². The standard InChI is InChI=1S/C15H19NO6/c1-4-21-13(17)9-8-10(14(18)22-5-2)12-7-6-11(9)16(12)15(19)20-3/h6-9,11-12H,4-5H2,1-3H3/t9-,11-,12+/m0/s1. The first-order valence-electron chi connectivity index (χ1n) is 7.15. The molecule has 2 aliphatic heterocycles. The molecule has 2 heterocycles. The lowest BCUT2D eigenvalue weighted by Crippen LogP contribution is -2.51. The van der Waals surface area contributed by atoms with Crippen LogP contribution in [0.25, 0.3) is 0 Å². The van der Waals surface area contributed by atoms with Crippen molar-refractivity contribution in [3.63, 3.8) is 0 Å². The van der Waals surface area contributed by atoms with Gasteiger partial charge >= 0.3 is 18.0 Å². The summed E-state index contributed by atoms with van der Waals surface area (Å²) >= 11 is 0. The smallest absolute Gasteiger partial charge is 0.410 e. The predicted molar refractivity (Wildman–Crippen MR) is 75.8 cm³/mol. The van der Waals surface area contributed by atoms with Crippen LogP contribution in [0, 0.1) is 5.92 Å². The zero-order valence-electron chi connectivity index (χ0n) is 12.8. The van der Waals surface area contributed by atoms with Gasteiger partial charge in [-0.05, 0) is 13.8 Å². The average Bonchev–Trinajstić information content (AvgIpc) is 2.83. The molecule has 22 heavy (non-hydrogen) atoms. The van der Waals surface area contributed by atoms with E-state index in [-0.39, 0.29) is 18.8 Å². The summed E-state index contributed by atoms with van der Waals surface area (Å²) in [6, 6.07) is -1.10. The lowest BCUT2D eigenvalue weighted by molar-refractivity contribution is -0.148. The largest absolute Gasteiger partial charge is 0.465 e. The molecule has 0 saturated carbocycles. The second kappa shape index (κ2) is 6.64. The molecule has 1 amide bonds. The predicted octanol–water partition coefficient (Wildman–Crippen LogP) is 1.04. The molecule has 2 rings (SSSR count). The van der Waals surface area contributed by atoms with Crippen LogP contribution >= 0.6 is 0 Å². The van der Waals surface area contributed by atoms with E-state index in [1.165, 1.54) is 18.1 Å². The summed E-state index contributed by atoms with van der Waals surface area (Å²) in [4.78, 5) is 37.6. The highest BCUT2D eigenvalue weighted by atomic mass is 16.5. The number of amides is 1. The topological polar surface area (TPSA) is 82.1 Å². The Hall–Kier alpha value is -2.31. The average molecular weight is 309 g/mol. The first-order valence-corrected chi connectivity index (χ1v) is 7.15. The normalized spacial score (nSPS) is 25.5. The van der Waals surface area contributed by atoms with Gasteiger partial charge < -0.3 is 14.2 Å². The summed E-state index contributed by atoms with van der Waals surface area (Å²) in [6.07, 6.45) is 4.34. The minimum atomic E-state index is -0.756. The maximum absolute atomic E-state index is 12.1. The van der Waals surface area contributed by atoms with Gasteiger partial charge in [-0.1, -0.05) is 18.2 Å². The molecule has 0 radical (unpaired) electrons. The van der Waals surface area contributed by atoms with Crippen LogP contribution in [0.4, 0.5) is 4.79 Å². The minimum Gasteiger partial charge on any atom is -0.465 e. The van der Waals surface area contributed by atoms with Gasteiger partial charge in [0.05, 0.1) is 43.9 Å². The van der Waals surface area contributed by atoms with E-state index in [0.29, 0.717) is 0 Å². The molecule has 120 valence electrons. The fraction of sp³-hybridized carbons (Fsp3) is 0.533. The number of hydrogen-bond donors (Lipinski definition) is 0. The van der Waals surface area contributed by atoms with Gasteiger partial charge in [-0.2, -0.15) is 0 Å². The summed E-state index contributed by atoms with van der Waals surface area (Å²) in [6.45, 7) is 3.81. The molecular formula is C15H19NO6. The van der Waals surface area contributed by atoms with Crippen LogP contribution in [0.3, 0.4) is 0 Å². The third-order valence-corrected chi connectivity index (χ3v) is 3.61. The third kappa shape index (κ3) is 2.70. The highest BCUT2D eigenvalue weighted by Gasteiger charge is 2.48. The summed E-state index contributed by atoms with van der Waals surface area (Å²) in [7, 11) is 1.25. The molecule has 0 aliphatic carbocycles. The van der Waals surface area contributed by atoms with Gasteiger partial charge in [0.25, 0.3) is 0 Å². The lowest BCUT2D eigenvalue weighted by Gasteiger charge is -2.36. The van der Waals surface area contributed by atoms with Gasteiger partial charge in [0, 0.05) is 0 Å². The van der Waals surface area contributed by atoms with Crippen molar-refractivity contribution in [2.24, 2.45) is 5.92 Å². The molecule has 2 aliphatic rings. The first kappa shape index (κ1) is 16.1. The number of hydrogen-bond acceptors (Lipinski definition) is 6. The number of esters is 2. The Kier molecular flexibility index (Phi) is 4.85. The number of carbonyl (C=O) groups is 3. The molecule has 0 N–H and O–H groups in total. The quantitative estimate of drug-likeness (QED) is 0.438. The molecule has 2 bridgehead atoms. The van der Waals surface area contributed by atoms with Gasteiger partial charge in [0.1, 0.15) is 0 Å². The van der Waals surface area contributed by atoms with Crippen molar-refractivity contribution in [1.29, 1.82) is 0 Å². The number of carbonyl (C=O) groups excluding carboxylic acids is 3. The van der Waals surface area contributed by atoms with Gasteiger partial charge in [-0.15, -0.1) is 0 Å². The monoisotopic (exact) mass is 309 g/mol. The lowest BCUT2D eigenvalue weighted by atomic mass is 9.91. The Morgan fingerprint density at radius 1 is 1.14 bits per heavy atom. The molecule has 7 nitrogen and oxygen atoms in total. The van der Waals surface area contributed by atoms with Crippen LogP contribution < -0.4 is 0 Å². The molecule has 0 spiro atoms. The summed E-state index contributed by atoms with van der Waals surface area (Å²) in [5.74, 6) is -1.80. The molecular weight excluding hydrogens is 290 g/mol. The van der Waals surface area contributed by atoms with E-state index in [1.54, 1.807) is 26.0 Å². The van der Waals surface area contributed by atoms with Crippen LogP contribution in [0.15, 0.2) is 23.8 Å². The van der Waals surface area contributed by atoms with Gasteiger partial charge in [0.15, 0.2) is 0 Å². The fourth-order valence-electron chi connectivity index (χ4n) is 2.72. The summed E-state index contributed by atoms with van der Waals surface area (Å²) in [5.41, 5.74) is 0.246. The highest BCUT2D eigenvalue weighted by Crippen LogP contribution is 2.35. The fourth-order valence-corrected chi connectivity index (χ4v) is 2.72. The van der Waals surface area contributed by atoms with E-state index in [0.717, 1.165) is 0 Å². The molecule has 0 aromatic rings. The molecule has 0 aromatic carbocycles. The Balaban J connectivity index is 2.39. The highest BCUT2D eigenvalue weighted by molar-refractivity contribution is 5.94. The van der Waals surface area contributed by atoms with Crippen LogP contribution in [0.2, 0.25) is 0 Å². The third-order valence-electron chi connectivity index (χ3n) is 3.61. The zero-order valence-corrected chi connectivity index (χ0v) is 12.8. The maximum Gasteiger partial charge on any atom is 0.410 e. The van der Waals surface area contributed by atoms with Crippen molar-refractivity contribution < 1.29 is 28.6 Å². The van der Waals surface area contributed by atoms with Gasteiger partial charge in [0.2, 0.25) is 0 Å². The first-order chi connectivity index (χ1) is 10.5. The van der Waals surface area contributed by atoms with E-state index < -0.39 is 36.0 Å². The maximum atomic E-state index is 12.1. The number of rotatable bonds is 4. The van der Waals surface area contributed by atoms with Crippen molar-refractivity contribution in [3.05, 3.63) is 23.8 Å². The SMILES string of the molecule is CCOC(=O)C1=C[C@H](C(=O)OCC)[C@@H]2C=C[C@H]1N2C(=O)OC. The van der Waals surface area contributed by atoms with Crippen molar-refractivity contribution in [1.82, 2.24) is 4.90 Å². The molecule has 0 aromatic heterocycles. The Labute approximate surface area is 128 Å². The van der Waals surface area contributed by atoms with Crippen molar-refractivity contribution in [2.45, 2.75) is 25.9 Å². The number of ether oxygens (including phenoxy) is 3. The van der Waals surface area contributed by atoms with E-state index in [1.807, 2.05) is 0 Å². The summed E-state index contributed by atoms with van der Waals surface area (Å²) in [5, 5.41) is 0. The van der Waals surface area contributed by atoms with Crippen molar-refractivity contribution in [2.75, 3.05) is 20.3 Å². The number of methoxy groups -OCH3 is 1. The molecule has 0 saturated heterocycles. The minimum absolute atomic E-state index is 0.207. The Morgan fingerprint density at radius 2 is 1.82 bits per heavy atom. The van der Waals surface area contributed by atoms with E-state index >= 15 is 0 Å². The number of fused-ring (bicyclic) bond motifs is 2. The van der Waals surface area contributed by atoms with Crippen LogP contribution in [-0.2, 0) is 23.8 Å². The number of nitrogens with zero attached hydrogens (tertiary/aromatic N) is 1.